The Hall–Kier alpha value is -1.14. The zero-order chi connectivity index (χ0) is 12.6. The van der Waals surface area contributed by atoms with Crippen LogP contribution in [0.4, 0.5) is 0 Å². The molecule has 0 aromatic heterocycles. The molecule has 6 heteroatoms. The first kappa shape index (κ1) is 14.9. The number of rotatable bonds is 8. The van der Waals surface area contributed by atoms with E-state index in [0.29, 0.717) is 26.1 Å². The van der Waals surface area contributed by atoms with Crippen molar-refractivity contribution in [2.24, 2.45) is 11.5 Å². The smallest absolute Gasteiger partial charge is 0.231 e. The van der Waals surface area contributed by atoms with Gasteiger partial charge in [-0.1, -0.05) is 0 Å². The number of amides is 2. The van der Waals surface area contributed by atoms with Crippen LogP contribution in [0.15, 0.2) is 0 Å². The Bertz CT molecular complexity index is 233. The summed E-state index contributed by atoms with van der Waals surface area (Å²) in [6.45, 7) is 1.97. The van der Waals surface area contributed by atoms with E-state index in [0.717, 1.165) is 6.42 Å². The van der Waals surface area contributed by atoms with E-state index in [1.807, 2.05) is 0 Å². The fraction of sp³-hybridized carbons (Fsp3) is 0.800. The van der Waals surface area contributed by atoms with Gasteiger partial charge in [-0.15, -0.1) is 0 Å². The highest BCUT2D eigenvalue weighted by Gasteiger charge is 2.10. The first-order valence-electron chi connectivity index (χ1n) is 5.38. The molecular formula is C10H22N4O2. The lowest BCUT2D eigenvalue weighted by Gasteiger charge is -2.19. The van der Waals surface area contributed by atoms with Crippen LogP contribution in [0.25, 0.3) is 0 Å². The first-order chi connectivity index (χ1) is 7.47. The van der Waals surface area contributed by atoms with Gasteiger partial charge in [0.15, 0.2) is 0 Å². The number of carbonyl (C=O) groups excluding carboxylic acids is 2. The van der Waals surface area contributed by atoms with Crippen molar-refractivity contribution in [1.29, 1.82) is 0 Å². The largest absolute Gasteiger partial charge is 0.369 e. The molecule has 0 aromatic rings. The van der Waals surface area contributed by atoms with E-state index in [-0.39, 0.29) is 18.4 Å². The molecule has 4 N–H and O–H groups in total. The maximum absolute atomic E-state index is 11.6. The Morgan fingerprint density at radius 3 is 2.31 bits per heavy atom. The summed E-state index contributed by atoms with van der Waals surface area (Å²) < 4.78 is 0. The highest BCUT2D eigenvalue weighted by molar-refractivity contribution is 5.77. The quantitative estimate of drug-likeness (QED) is 0.536. The standard InChI is InChI=1S/C10H22N4O2/c1-13(8-9(12)15)7-4-10(16)14(2)6-3-5-11/h3-8,11H2,1-2H3,(H2,12,15). The summed E-state index contributed by atoms with van der Waals surface area (Å²) in [6, 6.07) is 0. The van der Waals surface area contributed by atoms with Gasteiger partial charge in [0, 0.05) is 26.6 Å². The Morgan fingerprint density at radius 1 is 1.19 bits per heavy atom. The lowest BCUT2D eigenvalue weighted by atomic mass is 10.3. The molecular weight excluding hydrogens is 208 g/mol. The van der Waals surface area contributed by atoms with Crippen molar-refractivity contribution in [1.82, 2.24) is 9.80 Å². The Balaban J connectivity index is 3.74. The number of nitrogens with two attached hydrogens (primary N) is 2. The van der Waals surface area contributed by atoms with Crippen molar-refractivity contribution < 1.29 is 9.59 Å². The van der Waals surface area contributed by atoms with E-state index in [4.69, 9.17) is 11.5 Å². The summed E-state index contributed by atoms with van der Waals surface area (Å²) in [5.74, 6) is -0.323. The lowest BCUT2D eigenvalue weighted by molar-refractivity contribution is -0.130. The normalized spacial score (nSPS) is 10.5. The van der Waals surface area contributed by atoms with Crippen LogP contribution in [-0.4, -0.2) is 61.9 Å². The van der Waals surface area contributed by atoms with Crippen molar-refractivity contribution >= 4 is 11.8 Å². The van der Waals surface area contributed by atoms with E-state index < -0.39 is 0 Å². The van der Waals surface area contributed by atoms with Gasteiger partial charge in [0.1, 0.15) is 0 Å². The van der Waals surface area contributed by atoms with E-state index in [2.05, 4.69) is 0 Å². The molecule has 2 amide bonds. The minimum absolute atomic E-state index is 0.0600. The van der Waals surface area contributed by atoms with E-state index >= 15 is 0 Å². The molecule has 0 fully saturated rings. The van der Waals surface area contributed by atoms with Crippen LogP contribution in [0.1, 0.15) is 12.8 Å². The molecule has 0 saturated heterocycles. The third kappa shape index (κ3) is 7.19. The molecule has 0 rings (SSSR count). The van der Waals surface area contributed by atoms with Crippen LogP contribution in [0, 0.1) is 0 Å². The van der Waals surface area contributed by atoms with Gasteiger partial charge >= 0.3 is 0 Å². The highest BCUT2D eigenvalue weighted by atomic mass is 16.2. The third-order valence-electron chi connectivity index (χ3n) is 2.26. The second-order valence-electron chi connectivity index (χ2n) is 3.91. The Kier molecular flexibility index (Phi) is 7.49. The highest BCUT2D eigenvalue weighted by Crippen LogP contribution is 1.94. The molecule has 0 bridgehead atoms. The maximum Gasteiger partial charge on any atom is 0.231 e. The topological polar surface area (TPSA) is 92.7 Å². The molecule has 0 aromatic carbocycles. The van der Waals surface area contributed by atoms with Crippen molar-refractivity contribution in [3.05, 3.63) is 0 Å². The number of nitrogens with zero attached hydrogens (tertiary/aromatic N) is 2. The summed E-state index contributed by atoms with van der Waals surface area (Å²) in [4.78, 5) is 25.6. The average Bonchev–Trinajstić information content (AvgIpc) is 2.21. The van der Waals surface area contributed by atoms with Crippen LogP contribution < -0.4 is 11.5 Å². The second kappa shape index (κ2) is 8.06. The lowest BCUT2D eigenvalue weighted by Crippen LogP contribution is -2.35. The molecule has 16 heavy (non-hydrogen) atoms. The molecule has 0 unspecified atom stereocenters. The fourth-order valence-electron chi connectivity index (χ4n) is 1.28. The number of primary amides is 1. The van der Waals surface area contributed by atoms with Gasteiger partial charge in [0.25, 0.3) is 0 Å². The number of hydrogen-bond donors (Lipinski definition) is 2. The summed E-state index contributed by atoms with van der Waals surface area (Å²) in [5, 5.41) is 0. The minimum atomic E-state index is -0.383. The zero-order valence-corrected chi connectivity index (χ0v) is 10.1. The molecule has 0 saturated carbocycles. The third-order valence-corrected chi connectivity index (χ3v) is 2.26. The van der Waals surface area contributed by atoms with Crippen molar-refractivity contribution in [2.45, 2.75) is 12.8 Å². The van der Waals surface area contributed by atoms with Gasteiger partial charge in [-0.3, -0.25) is 14.5 Å². The summed E-state index contributed by atoms with van der Waals surface area (Å²) in [7, 11) is 3.52. The average molecular weight is 230 g/mol. The molecule has 6 nitrogen and oxygen atoms in total. The molecule has 0 aliphatic carbocycles. The summed E-state index contributed by atoms with van der Waals surface area (Å²) in [6.07, 6.45) is 1.20. The molecule has 94 valence electrons. The van der Waals surface area contributed by atoms with Crippen LogP contribution in [0.3, 0.4) is 0 Å². The van der Waals surface area contributed by atoms with Crippen molar-refractivity contribution in [3.63, 3.8) is 0 Å². The number of likely N-dealkylation sites (N-methyl/N-ethyl adjacent to an activating group) is 1. The summed E-state index contributed by atoms with van der Waals surface area (Å²) in [5.41, 5.74) is 10.4. The van der Waals surface area contributed by atoms with Gasteiger partial charge in [0.2, 0.25) is 11.8 Å². The van der Waals surface area contributed by atoms with E-state index in [1.54, 1.807) is 23.9 Å². The van der Waals surface area contributed by atoms with Crippen molar-refractivity contribution in [2.75, 3.05) is 40.3 Å². The number of hydrogen-bond acceptors (Lipinski definition) is 4. The van der Waals surface area contributed by atoms with Gasteiger partial charge in [-0.05, 0) is 20.0 Å². The maximum atomic E-state index is 11.6. The summed E-state index contributed by atoms with van der Waals surface area (Å²) >= 11 is 0. The zero-order valence-electron chi connectivity index (χ0n) is 10.1. The van der Waals surface area contributed by atoms with E-state index in [1.165, 1.54) is 0 Å². The molecule has 0 aliphatic heterocycles. The van der Waals surface area contributed by atoms with Crippen LogP contribution in [-0.2, 0) is 9.59 Å². The predicted octanol–water partition coefficient (Wildman–Crippen LogP) is -1.40. The second-order valence-corrected chi connectivity index (χ2v) is 3.91. The van der Waals surface area contributed by atoms with Crippen LogP contribution in [0.5, 0.6) is 0 Å². The molecule has 0 aliphatic rings. The molecule has 0 heterocycles. The monoisotopic (exact) mass is 230 g/mol. The Morgan fingerprint density at radius 2 is 1.81 bits per heavy atom. The first-order valence-corrected chi connectivity index (χ1v) is 5.38. The van der Waals surface area contributed by atoms with Gasteiger partial charge in [-0.2, -0.15) is 0 Å². The number of carbonyl (C=O) groups is 2. The SMILES string of the molecule is CN(CCC(=O)N(C)CCCN)CC(N)=O. The molecule has 0 atom stereocenters. The van der Waals surface area contributed by atoms with Gasteiger partial charge < -0.3 is 16.4 Å². The minimum Gasteiger partial charge on any atom is -0.369 e. The Labute approximate surface area is 96.5 Å². The molecule has 0 radical (unpaired) electrons. The fourth-order valence-corrected chi connectivity index (χ4v) is 1.28. The van der Waals surface area contributed by atoms with E-state index in [9.17, 15) is 9.59 Å². The van der Waals surface area contributed by atoms with Crippen LogP contribution >= 0.6 is 0 Å². The van der Waals surface area contributed by atoms with Gasteiger partial charge in [-0.25, -0.2) is 0 Å². The van der Waals surface area contributed by atoms with Gasteiger partial charge in [0.05, 0.1) is 6.54 Å². The van der Waals surface area contributed by atoms with Crippen molar-refractivity contribution in [3.8, 4) is 0 Å². The predicted molar refractivity (Wildman–Crippen MR) is 62.6 cm³/mol. The molecule has 0 spiro atoms. The van der Waals surface area contributed by atoms with Crippen LogP contribution in [0.2, 0.25) is 0 Å².